The molecule has 0 aliphatic carbocycles. The fourth-order valence-corrected chi connectivity index (χ4v) is 2.62. The van der Waals surface area contributed by atoms with E-state index in [0.29, 0.717) is 6.04 Å². The summed E-state index contributed by atoms with van der Waals surface area (Å²) in [5.74, 6) is 0. The van der Waals surface area contributed by atoms with Crippen LogP contribution in [0.1, 0.15) is 29.9 Å². The lowest BCUT2D eigenvalue weighted by Gasteiger charge is -2.11. The van der Waals surface area contributed by atoms with Gasteiger partial charge in [-0.3, -0.25) is 0 Å². The molecule has 0 spiro atoms. The molecule has 2 heterocycles. The number of nitrogens with one attached hydrogen (secondary N) is 1. The Morgan fingerprint density at radius 1 is 1.16 bits per heavy atom. The Morgan fingerprint density at radius 2 is 1.84 bits per heavy atom. The molecule has 0 bridgehead atoms. The molecule has 1 N–H and O–H groups in total. The monoisotopic (exact) mass is 274 g/mol. The summed E-state index contributed by atoms with van der Waals surface area (Å²) in [6.45, 7) is 6.08. The highest BCUT2D eigenvalue weighted by molar-refractivity contribution is 7.99. The first-order valence-corrected chi connectivity index (χ1v) is 7.03. The molecule has 2 aromatic heterocycles. The summed E-state index contributed by atoms with van der Waals surface area (Å²) in [7, 11) is 1.95. The molecule has 5 heteroatoms. The van der Waals surface area contributed by atoms with Crippen LogP contribution < -0.4 is 5.32 Å². The van der Waals surface area contributed by atoms with E-state index in [-0.39, 0.29) is 0 Å². The lowest BCUT2D eigenvalue weighted by molar-refractivity contribution is 0.649. The van der Waals surface area contributed by atoms with Crippen molar-refractivity contribution in [2.24, 2.45) is 0 Å². The molecule has 1 atom stereocenters. The van der Waals surface area contributed by atoms with E-state index in [9.17, 15) is 0 Å². The summed E-state index contributed by atoms with van der Waals surface area (Å²) in [5, 5.41) is 4.89. The zero-order chi connectivity index (χ0) is 13.8. The summed E-state index contributed by atoms with van der Waals surface area (Å²) in [6.07, 6.45) is 1.83. The zero-order valence-corrected chi connectivity index (χ0v) is 12.5. The zero-order valence-electron chi connectivity index (χ0n) is 11.6. The standard InChI is InChI=1S/C14H18N4S/c1-9-7-10(2)18-14(17-9)19-13-8-12(5-6-16-13)11(3)15-4/h5-8,11,15H,1-4H3. The van der Waals surface area contributed by atoms with Crippen molar-refractivity contribution in [1.82, 2.24) is 20.3 Å². The smallest absolute Gasteiger partial charge is 0.194 e. The van der Waals surface area contributed by atoms with Crippen LogP contribution in [0.15, 0.2) is 34.6 Å². The predicted molar refractivity (Wildman–Crippen MR) is 77.3 cm³/mol. The third kappa shape index (κ3) is 3.75. The first kappa shape index (κ1) is 14.0. The number of hydrogen-bond acceptors (Lipinski definition) is 5. The molecule has 0 amide bonds. The number of aromatic nitrogens is 3. The lowest BCUT2D eigenvalue weighted by atomic mass is 10.1. The van der Waals surface area contributed by atoms with Crippen LogP contribution in [0.5, 0.6) is 0 Å². The summed E-state index contributed by atoms with van der Waals surface area (Å²) in [5.41, 5.74) is 3.17. The molecule has 0 saturated carbocycles. The molecule has 19 heavy (non-hydrogen) atoms. The molecule has 0 aliphatic rings. The Morgan fingerprint density at radius 3 is 2.47 bits per heavy atom. The van der Waals surface area contributed by atoms with Gasteiger partial charge in [0.25, 0.3) is 0 Å². The molecule has 0 saturated heterocycles. The number of hydrogen-bond donors (Lipinski definition) is 1. The van der Waals surface area contributed by atoms with Crippen molar-refractivity contribution < 1.29 is 0 Å². The summed E-state index contributed by atoms with van der Waals surface area (Å²) < 4.78 is 0. The predicted octanol–water partition coefficient (Wildman–Crippen LogP) is 2.92. The molecule has 0 fully saturated rings. The third-order valence-corrected chi connectivity index (χ3v) is 3.65. The van der Waals surface area contributed by atoms with E-state index in [4.69, 9.17) is 0 Å². The summed E-state index contributed by atoms with van der Waals surface area (Å²) in [4.78, 5) is 13.2. The first-order valence-electron chi connectivity index (χ1n) is 6.22. The second-order valence-corrected chi connectivity index (χ2v) is 5.46. The van der Waals surface area contributed by atoms with Gasteiger partial charge in [-0.25, -0.2) is 15.0 Å². The van der Waals surface area contributed by atoms with Crippen LogP contribution in [0.4, 0.5) is 0 Å². The number of aryl methyl sites for hydroxylation is 2. The minimum absolute atomic E-state index is 0.308. The Labute approximate surface area is 118 Å². The van der Waals surface area contributed by atoms with E-state index in [1.807, 2.05) is 39.2 Å². The van der Waals surface area contributed by atoms with E-state index >= 15 is 0 Å². The highest BCUT2D eigenvalue weighted by Gasteiger charge is 2.07. The van der Waals surface area contributed by atoms with Crippen LogP contribution in [0.2, 0.25) is 0 Å². The molecule has 100 valence electrons. The van der Waals surface area contributed by atoms with Crippen molar-refractivity contribution in [1.29, 1.82) is 0 Å². The van der Waals surface area contributed by atoms with Crippen LogP contribution in [0.25, 0.3) is 0 Å². The average molecular weight is 274 g/mol. The maximum atomic E-state index is 4.42. The molecule has 1 unspecified atom stereocenters. The highest BCUT2D eigenvalue weighted by Crippen LogP contribution is 2.25. The largest absolute Gasteiger partial charge is 0.313 e. The van der Waals surface area contributed by atoms with Crippen LogP contribution in [0, 0.1) is 13.8 Å². The fourth-order valence-electron chi connectivity index (χ4n) is 1.75. The molecule has 2 rings (SSSR count). The minimum Gasteiger partial charge on any atom is -0.313 e. The highest BCUT2D eigenvalue weighted by atomic mass is 32.2. The second-order valence-electron chi connectivity index (χ2n) is 4.47. The van der Waals surface area contributed by atoms with Crippen molar-refractivity contribution in [3.8, 4) is 0 Å². The normalized spacial score (nSPS) is 12.4. The van der Waals surface area contributed by atoms with Gasteiger partial charge >= 0.3 is 0 Å². The molecule has 0 radical (unpaired) electrons. The molecular formula is C14H18N4S. The van der Waals surface area contributed by atoms with Gasteiger partial charge in [0, 0.05) is 23.6 Å². The van der Waals surface area contributed by atoms with Crippen LogP contribution in [-0.4, -0.2) is 22.0 Å². The third-order valence-electron chi connectivity index (χ3n) is 2.85. The molecular weight excluding hydrogens is 256 g/mol. The van der Waals surface area contributed by atoms with Gasteiger partial charge in [0.05, 0.1) is 0 Å². The van der Waals surface area contributed by atoms with E-state index < -0.39 is 0 Å². The van der Waals surface area contributed by atoms with Gasteiger partial charge in [0.1, 0.15) is 5.03 Å². The van der Waals surface area contributed by atoms with Crippen LogP contribution in [0.3, 0.4) is 0 Å². The topological polar surface area (TPSA) is 50.7 Å². The fraction of sp³-hybridized carbons (Fsp3) is 0.357. The summed E-state index contributed by atoms with van der Waals surface area (Å²) >= 11 is 1.50. The molecule has 4 nitrogen and oxygen atoms in total. The molecule has 0 aromatic carbocycles. The van der Waals surface area contributed by atoms with Crippen molar-refractivity contribution in [2.75, 3.05) is 7.05 Å². The Bertz CT molecular complexity index is 551. The maximum Gasteiger partial charge on any atom is 0.194 e. The SMILES string of the molecule is CNC(C)c1ccnc(Sc2nc(C)cc(C)n2)c1. The minimum atomic E-state index is 0.308. The van der Waals surface area contributed by atoms with Crippen LogP contribution >= 0.6 is 11.8 Å². The van der Waals surface area contributed by atoms with E-state index in [1.54, 1.807) is 0 Å². The number of pyridine rings is 1. The van der Waals surface area contributed by atoms with Gasteiger partial charge in [-0.15, -0.1) is 0 Å². The van der Waals surface area contributed by atoms with E-state index in [0.717, 1.165) is 21.6 Å². The number of nitrogens with zero attached hydrogens (tertiary/aromatic N) is 3. The maximum absolute atomic E-state index is 4.42. The average Bonchev–Trinajstić information content (AvgIpc) is 2.37. The van der Waals surface area contributed by atoms with Gasteiger partial charge in [0.2, 0.25) is 0 Å². The van der Waals surface area contributed by atoms with E-state index in [1.165, 1.54) is 17.3 Å². The van der Waals surface area contributed by atoms with Crippen molar-refractivity contribution in [3.63, 3.8) is 0 Å². The van der Waals surface area contributed by atoms with Gasteiger partial charge in [-0.1, -0.05) is 0 Å². The van der Waals surface area contributed by atoms with E-state index in [2.05, 4.69) is 33.3 Å². The second kappa shape index (κ2) is 6.12. The lowest BCUT2D eigenvalue weighted by Crippen LogP contribution is -2.12. The molecule has 2 aromatic rings. The number of rotatable bonds is 4. The van der Waals surface area contributed by atoms with Crippen molar-refractivity contribution in [2.45, 2.75) is 37.0 Å². The summed E-state index contributed by atoms with van der Waals surface area (Å²) in [6, 6.07) is 6.37. The first-order chi connectivity index (χ1) is 9.08. The Kier molecular flexibility index (Phi) is 4.50. The van der Waals surface area contributed by atoms with Crippen molar-refractivity contribution >= 4 is 11.8 Å². The van der Waals surface area contributed by atoms with Gasteiger partial charge < -0.3 is 5.32 Å². The van der Waals surface area contributed by atoms with Crippen molar-refractivity contribution in [3.05, 3.63) is 41.3 Å². The van der Waals surface area contributed by atoms with Gasteiger partial charge in [0.15, 0.2) is 5.16 Å². The Hall–Kier alpha value is -1.46. The van der Waals surface area contributed by atoms with Crippen LogP contribution in [-0.2, 0) is 0 Å². The Balaban J connectivity index is 2.23. The van der Waals surface area contributed by atoms with Gasteiger partial charge in [-0.05, 0) is 63.3 Å². The quantitative estimate of drug-likeness (QED) is 0.869. The molecule has 0 aliphatic heterocycles. The van der Waals surface area contributed by atoms with Gasteiger partial charge in [-0.2, -0.15) is 0 Å².